The van der Waals surface area contributed by atoms with E-state index < -0.39 is 0 Å². The molecule has 0 atom stereocenters. The topological polar surface area (TPSA) is 40.6 Å². The quantitative estimate of drug-likeness (QED) is 0.797. The molecule has 2 aromatic carbocycles. The van der Waals surface area contributed by atoms with Crippen LogP contribution in [0.15, 0.2) is 59.1 Å². The molecule has 0 aromatic heterocycles. The van der Waals surface area contributed by atoms with Crippen LogP contribution in [0.1, 0.15) is 13.3 Å². The zero-order valence-electron chi connectivity index (χ0n) is 13.2. The summed E-state index contributed by atoms with van der Waals surface area (Å²) in [6.45, 7) is 1.85. The Labute approximate surface area is 144 Å². The zero-order chi connectivity index (χ0) is 16.8. The van der Waals surface area contributed by atoms with Crippen LogP contribution in [-0.4, -0.2) is 25.4 Å². The highest BCUT2D eigenvalue weighted by atomic mass is 79.9. The smallest absolute Gasteiger partial charge is 0.228 e. The van der Waals surface area contributed by atoms with Crippen molar-refractivity contribution in [3.8, 4) is 0 Å². The van der Waals surface area contributed by atoms with Gasteiger partial charge in [0.2, 0.25) is 11.8 Å². The highest BCUT2D eigenvalue weighted by molar-refractivity contribution is 9.10. The largest absolute Gasteiger partial charge is 0.315 e. The lowest BCUT2D eigenvalue weighted by Crippen LogP contribution is -2.34. The molecule has 0 heterocycles. The van der Waals surface area contributed by atoms with E-state index in [0.717, 1.165) is 15.8 Å². The minimum absolute atomic E-state index is 0.0329. The van der Waals surface area contributed by atoms with Gasteiger partial charge in [0.1, 0.15) is 0 Å². The molecule has 0 radical (unpaired) electrons. The Morgan fingerprint density at radius 2 is 1.61 bits per heavy atom. The van der Waals surface area contributed by atoms with E-state index >= 15 is 0 Å². The monoisotopic (exact) mass is 374 g/mol. The molecule has 0 bridgehead atoms. The number of carbonyl (C=O) groups is 2. The number of anilines is 2. The normalized spacial score (nSPS) is 10.2. The third-order valence-electron chi connectivity index (χ3n) is 3.59. The summed E-state index contributed by atoms with van der Waals surface area (Å²) in [6, 6.07) is 17.0. The molecule has 4 nitrogen and oxygen atoms in total. The fourth-order valence-corrected chi connectivity index (χ4v) is 2.79. The van der Waals surface area contributed by atoms with Crippen molar-refractivity contribution in [3.05, 3.63) is 59.1 Å². The number of hydrogen-bond acceptors (Lipinski definition) is 2. The molecular formula is C18H19BrN2O2. The maximum Gasteiger partial charge on any atom is 0.228 e. The van der Waals surface area contributed by atoms with Gasteiger partial charge in [0.05, 0.1) is 5.69 Å². The van der Waals surface area contributed by atoms with Gasteiger partial charge in [-0.2, -0.15) is 0 Å². The number of para-hydroxylation sites is 2. The minimum atomic E-state index is -0.0907. The van der Waals surface area contributed by atoms with E-state index in [1.807, 2.05) is 54.6 Å². The van der Waals surface area contributed by atoms with E-state index in [4.69, 9.17) is 0 Å². The molecular weight excluding hydrogens is 356 g/mol. The average Bonchev–Trinajstić information content (AvgIpc) is 2.56. The van der Waals surface area contributed by atoms with Crippen molar-refractivity contribution in [2.75, 3.05) is 23.4 Å². The maximum absolute atomic E-state index is 12.4. The second kappa shape index (κ2) is 7.92. The Hall–Kier alpha value is -2.14. The van der Waals surface area contributed by atoms with E-state index in [1.165, 1.54) is 6.92 Å². The molecule has 0 spiro atoms. The first kappa shape index (κ1) is 17.2. The number of halogens is 1. The summed E-state index contributed by atoms with van der Waals surface area (Å²) in [5.74, 6) is -0.124. The lowest BCUT2D eigenvalue weighted by Gasteiger charge is -2.24. The van der Waals surface area contributed by atoms with E-state index in [-0.39, 0.29) is 18.2 Å². The molecule has 2 aromatic rings. The van der Waals surface area contributed by atoms with Gasteiger partial charge in [-0.25, -0.2) is 0 Å². The van der Waals surface area contributed by atoms with Gasteiger partial charge in [-0.15, -0.1) is 0 Å². The summed E-state index contributed by atoms with van der Waals surface area (Å²) in [4.78, 5) is 27.5. The van der Waals surface area contributed by atoms with Crippen molar-refractivity contribution in [1.29, 1.82) is 0 Å². The third kappa shape index (κ3) is 4.42. The Morgan fingerprint density at radius 3 is 2.22 bits per heavy atom. The molecule has 0 fully saturated rings. The van der Waals surface area contributed by atoms with Crippen LogP contribution in [-0.2, 0) is 9.59 Å². The molecule has 0 aliphatic heterocycles. The molecule has 0 N–H and O–H groups in total. The summed E-state index contributed by atoms with van der Waals surface area (Å²) in [5, 5.41) is 0. The molecule has 0 saturated heterocycles. The van der Waals surface area contributed by atoms with Gasteiger partial charge < -0.3 is 9.80 Å². The summed E-state index contributed by atoms with van der Waals surface area (Å²) >= 11 is 3.45. The fourth-order valence-electron chi connectivity index (χ4n) is 2.29. The first-order valence-electron chi connectivity index (χ1n) is 7.35. The third-order valence-corrected chi connectivity index (χ3v) is 4.26. The number of nitrogens with zero attached hydrogens (tertiary/aromatic N) is 2. The highest BCUT2D eigenvalue weighted by Crippen LogP contribution is 2.26. The van der Waals surface area contributed by atoms with Gasteiger partial charge in [-0.05, 0) is 40.2 Å². The summed E-state index contributed by atoms with van der Waals surface area (Å²) in [6.07, 6.45) is 0.256. The molecule has 2 rings (SSSR count). The van der Waals surface area contributed by atoms with E-state index in [9.17, 15) is 9.59 Å². The number of carbonyl (C=O) groups excluding carboxylic acids is 2. The molecule has 5 heteroatoms. The van der Waals surface area contributed by atoms with Crippen molar-refractivity contribution in [1.82, 2.24) is 0 Å². The van der Waals surface area contributed by atoms with Crippen LogP contribution in [0.2, 0.25) is 0 Å². The van der Waals surface area contributed by atoms with Crippen molar-refractivity contribution < 1.29 is 9.59 Å². The van der Waals surface area contributed by atoms with Gasteiger partial charge in [-0.1, -0.05) is 30.3 Å². The molecule has 2 amide bonds. The van der Waals surface area contributed by atoms with Crippen molar-refractivity contribution in [2.45, 2.75) is 13.3 Å². The first-order valence-corrected chi connectivity index (χ1v) is 8.14. The Balaban J connectivity index is 2.06. The van der Waals surface area contributed by atoms with Crippen molar-refractivity contribution in [2.24, 2.45) is 0 Å². The fraction of sp³-hybridized carbons (Fsp3) is 0.222. The number of amides is 2. The lowest BCUT2D eigenvalue weighted by atomic mass is 10.2. The van der Waals surface area contributed by atoms with Crippen molar-refractivity contribution >= 4 is 39.1 Å². The van der Waals surface area contributed by atoms with Crippen LogP contribution < -0.4 is 9.80 Å². The predicted molar refractivity (Wildman–Crippen MR) is 96.6 cm³/mol. The highest BCUT2D eigenvalue weighted by Gasteiger charge is 2.17. The van der Waals surface area contributed by atoms with Crippen molar-refractivity contribution in [3.63, 3.8) is 0 Å². The standard InChI is InChI=1S/C18H19BrN2O2/c1-14(22)21(17-11-7-6-10-16(17)19)13-12-18(23)20(2)15-8-4-3-5-9-15/h3-11H,12-13H2,1-2H3. The Bertz CT molecular complexity index is 688. The number of benzene rings is 2. The SMILES string of the molecule is CC(=O)N(CCC(=O)N(C)c1ccccc1)c1ccccc1Br. The van der Waals surface area contributed by atoms with Gasteiger partial charge in [0, 0.05) is 37.1 Å². The van der Waals surface area contributed by atoms with Crippen LogP contribution in [0.4, 0.5) is 11.4 Å². The summed E-state index contributed by atoms with van der Waals surface area (Å²) in [5.41, 5.74) is 1.61. The van der Waals surface area contributed by atoms with E-state index in [2.05, 4.69) is 15.9 Å². The first-order chi connectivity index (χ1) is 11.0. The average molecular weight is 375 g/mol. The maximum atomic E-state index is 12.4. The number of hydrogen-bond donors (Lipinski definition) is 0. The molecule has 0 unspecified atom stereocenters. The molecule has 0 aliphatic rings. The van der Waals surface area contributed by atoms with Gasteiger partial charge >= 0.3 is 0 Å². The second-order valence-corrected chi connectivity index (χ2v) is 6.01. The van der Waals surface area contributed by atoms with Gasteiger partial charge in [-0.3, -0.25) is 9.59 Å². The zero-order valence-corrected chi connectivity index (χ0v) is 14.8. The van der Waals surface area contributed by atoms with E-state index in [1.54, 1.807) is 16.8 Å². The molecule has 0 aliphatic carbocycles. The summed E-state index contributed by atoms with van der Waals surface area (Å²) < 4.78 is 0.832. The van der Waals surface area contributed by atoms with E-state index in [0.29, 0.717) is 6.54 Å². The van der Waals surface area contributed by atoms with Crippen LogP contribution in [0, 0.1) is 0 Å². The van der Waals surface area contributed by atoms with Crippen LogP contribution in [0.3, 0.4) is 0 Å². The van der Waals surface area contributed by atoms with Gasteiger partial charge in [0.15, 0.2) is 0 Å². The minimum Gasteiger partial charge on any atom is -0.315 e. The predicted octanol–water partition coefficient (Wildman–Crippen LogP) is 3.86. The Kier molecular flexibility index (Phi) is 5.93. The van der Waals surface area contributed by atoms with Crippen LogP contribution in [0.5, 0.6) is 0 Å². The lowest BCUT2D eigenvalue weighted by molar-refractivity contribution is -0.118. The number of rotatable bonds is 5. The molecule has 23 heavy (non-hydrogen) atoms. The Morgan fingerprint density at radius 1 is 1.00 bits per heavy atom. The molecule has 120 valence electrons. The summed E-state index contributed by atoms with van der Waals surface area (Å²) in [7, 11) is 1.74. The molecule has 0 saturated carbocycles. The van der Waals surface area contributed by atoms with Crippen LogP contribution >= 0.6 is 15.9 Å². The second-order valence-electron chi connectivity index (χ2n) is 5.16. The van der Waals surface area contributed by atoms with Crippen LogP contribution in [0.25, 0.3) is 0 Å². The van der Waals surface area contributed by atoms with Gasteiger partial charge in [0.25, 0.3) is 0 Å².